The fraction of sp³-hybridized carbons (Fsp3) is 0.385. The van der Waals surface area contributed by atoms with Gasteiger partial charge in [-0.15, -0.1) is 0 Å². The highest BCUT2D eigenvalue weighted by atomic mass is 16.5. The van der Waals surface area contributed by atoms with E-state index in [-0.39, 0.29) is 0 Å². The number of aliphatic hydroxyl groups is 1. The summed E-state index contributed by atoms with van der Waals surface area (Å²) in [5.41, 5.74) is 2.80. The lowest BCUT2D eigenvalue weighted by atomic mass is 9.88. The maximum Gasteiger partial charge on any atom is 0.130 e. The van der Waals surface area contributed by atoms with Crippen molar-refractivity contribution in [2.75, 3.05) is 14.2 Å². The molecular formula is C13H16O3. The lowest BCUT2D eigenvalue weighted by molar-refractivity contribution is 0.172. The molecule has 0 spiro atoms. The Morgan fingerprint density at radius 1 is 1.25 bits per heavy atom. The monoisotopic (exact) mass is 220 g/mol. The van der Waals surface area contributed by atoms with Crippen molar-refractivity contribution in [1.82, 2.24) is 0 Å². The summed E-state index contributed by atoms with van der Waals surface area (Å²) in [7, 11) is 3.27. The van der Waals surface area contributed by atoms with Gasteiger partial charge < -0.3 is 14.6 Å². The van der Waals surface area contributed by atoms with Gasteiger partial charge in [0, 0.05) is 6.42 Å². The zero-order valence-electron chi connectivity index (χ0n) is 9.78. The van der Waals surface area contributed by atoms with Crippen LogP contribution in [0.15, 0.2) is 23.8 Å². The molecule has 3 heteroatoms. The first-order valence-corrected chi connectivity index (χ1v) is 5.28. The van der Waals surface area contributed by atoms with E-state index in [0.717, 1.165) is 28.2 Å². The van der Waals surface area contributed by atoms with Gasteiger partial charge in [-0.2, -0.15) is 0 Å². The fourth-order valence-corrected chi connectivity index (χ4v) is 2.22. The van der Waals surface area contributed by atoms with Crippen LogP contribution in [0.5, 0.6) is 5.75 Å². The number of hydrogen-bond donors (Lipinski definition) is 1. The molecule has 0 heterocycles. The molecule has 1 aromatic carbocycles. The van der Waals surface area contributed by atoms with Crippen molar-refractivity contribution in [3.05, 3.63) is 34.9 Å². The first-order chi connectivity index (χ1) is 7.69. The van der Waals surface area contributed by atoms with Crippen LogP contribution in [0.25, 0.3) is 5.76 Å². The van der Waals surface area contributed by atoms with Gasteiger partial charge in [-0.25, -0.2) is 0 Å². The molecule has 1 N–H and O–H groups in total. The molecule has 2 rings (SSSR count). The largest absolute Gasteiger partial charge is 0.496 e. The second kappa shape index (κ2) is 4.18. The second-order valence-electron chi connectivity index (χ2n) is 3.96. The molecule has 1 aliphatic rings. The van der Waals surface area contributed by atoms with E-state index in [1.807, 2.05) is 25.1 Å². The summed E-state index contributed by atoms with van der Waals surface area (Å²) in [5, 5.41) is 10.0. The Bertz CT molecular complexity index is 435. The number of methoxy groups -OCH3 is 2. The van der Waals surface area contributed by atoms with Crippen molar-refractivity contribution < 1.29 is 14.6 Å². The highest BCUT2D eigenvalue weighted by molar-refractivity contribution is 5.73. The van der Waals surface area contributed by atoms with Gasteiger partial charge >= 0.3 is 0 Å². The third-order valence-corrected chi connectivity index (χ3v) is 2.96. The summed E-state index contributed by atoms with van der Waals surface area (Å²) < 4.78 is 10.7. The Labute approximate surface area is 95.3 Å². The van der Waals surface area contributed by atoms with E-state index in [1.54, 1.807) is 14.2 Å². The third kappa shape index (κ3) is 1.57. The minimum atomic E-state index is -0.469. The summed E-state index contributed by atoms with van der Waals surface area (Å²) in [6.45, 7) is 1.97. The molecular weight excluding hydrogens is 204 g/mol. The molecule has 0 fully saturated rings. The van der Waals surface area contributed by atoms with Gasteiger partial charge in [0.25, 0.3) is 0 Å². The van der Waals surface area contributed by atoms with E-state index < -0.39 is 6.10 Å². The van der Waals surface area contributed by atoms with Crippen LogP contribution in [0, 0.1) is 0 Å². The summed E-state index contributed by atoms with van der Waals surface area (Å²) in [5.74, 6) is 1.56. The topological polar surface area (TPSA) is 38.7 Å². The van der Waals surface area contributed by atoms with Gasteiger partial charge in [0.15, 0.2) is 0 Å². The molecule has 16 heavy (non-hydrogen) atoms. The maximum absolute atomic E-state index is 10.0. The summed E-state index contributed by atoms with van der Waals surface area (Å²) in [4.78, 5) is 0. The first kappa shape index (κ1) is 11.0. The minimum absolute atomic E-state index is 0.469. The normalized spacial score (nSPS) is 19.4. The molecule has 1 atom stereocenters. The smallest absolute Gasteiger partial charge is 0.130 e. The number of benzene rings is 1. The van der Waals surface area contributed by atoms with Crippen LogP contribution < -0.4 is 4.74 Å². The highest BCUT2D eigenvalue weighted by Crippen LogP contribution is 2.41. The van der Waals surface area contributed by atoms with Gasteiger partial charge in [0.2, 0.25) is 0 Å². The second-order valence-corrected chi connectivity index (χ2v) is 3.96. The molecule has 1 unspecified atom stereocenters. The molecule has 0 amide bonds. The lowest BCUT2D eigenvalue weighted by Gasteiger charge is -2.26. The Balaban J connectivity index is 2.67. The molecule has 3 nitrogen and oxygen atoms in total. The molecule has 1 aromatic rings. The quantitative estimate of drug-likeness (QED) is 0.832. The standard InChI is InChI=1S/C13H16O3/c1-8-7-10(14)9-5-4-6-11(15-2)12(9)13(8)16-3/h4-6,10,14H,7H2,1-3H3. The van der Waals surface area contributed by atoms with Crippen molar-refractivity contribution in [1.29, 1.82) is 0 Å². The number of aliphatic hydroxyl groups excluding tert-OH is 1. The van der Waals surface area contributed by atoms with Crippen molar-refractivity contribution in [3.63, 3.8) is 0 Å². The van der Waals surface area contributed by atoms with E-state index in [9.17, 15) is 5.11 Å². The molecule has 0 radical (unpaired) electrons. The predicted molar refractivity (Wildman–Crippen MR) is 62.2 cm³/mol. The van der Waals surface area contributed by atoms with Gasteiger partial charge in [-0.05, 0) is 24.1 Å². The van der Waals surface area contributed by atoms with Crippen molar-refractivity contribution >= 4 is 5.76 Å². The maximum atomic E-state index is 10.0. The fourth-order valence-electron chi connectivity index (χ4n) is 2.22. The van der Waals surface area contributed by atoms with E-state index in [1.165, 1.54) is 0 Å². The van der Waals surface area contributed by atoms with Crippen LogP contribution in [-0.2, 0) is 4.74 Å². The molecule has 0 saturated heterocycles. The van der Waals surface area contributed by atoms with Crippen LogP contribution in [0.1, 0.15) is 30.6 Å². The van der Waals surface area contributed by atoms with E-state index in [0.29, 0.717) is 6.42 Å². The average molecular weight is 220 g/mol. The Hall–Kier alpha value is -1.48. The van der Waals surface area contributed by atoms with Gasteiger partial charge in [-0.3, -0.25) is 0 Å². The number of hydrogen-bond acceptors (Lipinski definition) is 3. The van der Waals surface area contributed by atoms with E-state index in [4.69, 9.17) is 9.47 Å². The van der Waals surface area contributed by atoms with Crippen LogP contribution in [0.3, 0.4) is 0 Å². The van der Waals surface area contributed by atoms with Gasteiger partial charge in [0.1, 0.15) is 11.5 Å². The SMILES string of the molecule is COC1=C(C)CC(O)c2cccc(OC)c21. The Morgan fingerprint density at radius 3 is 2.62 bits per heavy atom. The number of rotatable bonds is 2. The average Bonchev–Trinajstić information content (AvgIpc) is 2.29. The molecule has 1 aliphatic carbocycles. The summed E-state index contributed by atoms with van der Waals surface area (Å²) in [6, 6.07) is 5.67. The van der Waals surface area contributed by atoms with Crippen LogP contribution >= 0.6 is 0 Å². The zero-order chi connectivity index (χ0) is 11.7. The predicted octanol–water partition coefficient (Wildman–Crippen LogP) is 2.51. The van der Waals surface area contributed by atoms with Crippen molar-refractivity contribution in [2.24, 2.45) is 0 Å². The summed E-state index contributed by atoms with van der Waals surface area (Å²) in [6.07, 6.45) is 0.146. The summed E-state index contributed by atoms with van der Waals surface area (Å²) >= 11 is 0. The number of ether oxygens (including phenoxy) is 2. The molecule has 0 bridgehead atoms. The van der Waals surface area contributed by atoms with Crippen LogP contribution in [0.2, 0.25) is 0 Å². The molecule has 0 saturated carbocycles. The minimum Gasteiger partial charge on any atom is -0.496 e. The molecule has 0 aliphatic heterocycles. The first-order valence-electron chi connectivity index (χ1n) is 5.28. The van der Waals surface area contributed by atoms with E-state index in [2.05, 4.69) is 0 Å². The molecule has 0 aromatic heterocycles. The zero-order valence-corrected chi connectivity index (χ0v) is 9.78. The van der Waals surface area contributed by atoms with Gasteiger partial charge in [0.05, 0.1) is 25.9 Å². The third-order valence-electron chi connectivity index (χ3n) is 2.96. The molecule has 86 valence electrons. The van der Waals surface area contributed by atoms with Crippen molar-refractivity contribution in [2.45, 2.75) is 19.4 Å². The highest BCUT2D eigenvalue weighted by Gasteiger charge is 2.26. The lowest BCUT2D eigenvalue weighted by Crippen LogP contribution is -2.11. The van der Waals surface area contributed by atoms with Crippen molar-refractivity contribution in [3.8, 4) is 5.75 Å². The van der Waals surface area contributed by atoms with E-state index >= 15 is 0 Å². The van der Waals surface area contributed by atoms with Gasteiger partial charge in [-0.1, -0.05) is 12.1 Å². The Morgan fingerprint density at radius 2 is 2.00 bits per heavy atom. The number of fused-ring (bicyclic) bond motifs is 1. The Kier molecular flexibility index (Phi) is 2.88. The van der Waals surface area contributed by atoms with Crippen LogP contribution in [-0.4, -0.2) is 19.3 Å². The van der Waals surface area contributed by atoms with Crippen LogP contribution in [0.4, 0.5) is 0 Å².